The van der Waals surface area contributed by atoms with Gasteiger partial charge in [0.15, 0.2) is 0 Å². The van der Waals surface area contributed by atoms with Gasteiger partial charge in [0, 0.05) is 0 Å². The van der Waals surface area contributed by atoms with Gasteiger partial charge < -0.3 is 0 Å². The Labute approximate surface area is 168 Å². The molecule has 0 fully saturated rings. The van der Waals surface area contributed by atoms with Crippen molar-refractivity contribution in [2.24, 2.45) is 5.92 Å². The van der Waals surface area contributed by atoms with Gasteiger partial charge in [-0.15, -0.1) is 0 Å². The zero-order chi connectivity index (χ0) is 19.1. The summed E-state index contributed by atoms with van der Waals surface area (Å²) in [7, 11) is 0. The van der Waals surface area contributed by atoms with Crippen LogP contribution in [0.2, 0.25) is 0 Å². The third kappa shape index (κ3) is 20.3. The molecular formula is C26H53. The smallest absolute Gasteiger partial charge is 0.0414 e. The first kappa shape index (κ1) is 26.0. The Hall–Kier alpha value is 0. The van der Waals surface area contributed by atoms with E-state index in [2.05, 4.69) is 20.8 Å². The first-order valence-electron chi connectivity index (χ1n) is 12.6. The maximum atomic E-state index is 4.05. The van der Waals surface area contributed by atoms with Crippen LogP contribution in [0.25, 0.3) is 0 Å². The molecule has 0 saturated heterocycles. The molecule has 0 heterocycles. The fraction of sp³-hybridized carbons (Fsp3) is 0.962. The third-order valence-electron chi connectivity index (χ3n) is 6.04. The Bertz CT molecular complexity index is 232. The number of hydrogen-bond donors (Lipinski definition) is 0. The molecule has 0 heteroatoms. The summed E-state index contributed by atoms with van der Waals surface area (Å²) in [5.41, 5.74) is 0. The SMILES string of the molecule is [CH2]CCCC(CCCCCCCC)CCCCCCCCCCCCC. The van der Waals surface area contributed by atoms with Gasteiger partial charge in [-0.2, -0.15) is 0 Å². The largest absolute Gasteiger partial charge is 0.0654 e. The zero-order valence-electron chi connectivity index (χ0n) is 18.8. The second-order valence-electron chi connectivity index (χ2n) is 8.74. The fourth-order valence-corrected chi connectivity index (χ4v) is 4.18. The lowest BCUT2D eigenvalue weighted by Crippen LogP contribution is -2.01. The number of unbranched alkanes of at least 4 members (excludes halogenated alkanes) is 16. The summed E-state index contributed by atoms with van der Waals surface area (Å²) >= 11 is 0. The van der Waals surface area contributed by atoms with Crippen molar-refractivity contribution in [3.8, 4) is 0 Å². The molecule has 0 aliphatic carbocycles. The molecule has 0 spiro atoms. The highest BCUT2D eigenvalue weighted by atomic mass is 14.1. The average molecular weight is 366 g/mol. The van der Waals surface area contributed by atoms with Crippen LogP contribution in [-0.4, -0.2) is 0 Å². The van der Waals surface area contributed by atoms with E-state index < -0.39 is 0 Å². The topological polar surface area (TPSA) is 0 Å². The maximum Gasteiger partial charge on any atom is -0.0414 e. The standard InChI is InChI=1S/C26H53/c1-4-7-10-12-14-15-16-17-18-20-22-25-26(23-9-6-3)24-21-19-13-11-8-5-2/h26H,3-25H2,1-2H3. The minimum absolute atomic E-state index is 1.00. The van der Waals surface area contributed by atoms with E-state index in [1.165, 1.54) is 135 Å². The van der Waals surface area contributed by atoms with E-state index in [-0.39, 0.29) is 0 Å². The second-order valence-corrected chi connectivity index (χ2v) is 8.74. The lowest BCUT2D eigenvalue weighted by molar-refractivity contribution is 0.372. The molecule has 0 aromatic carbocycles. The minimum Gasteiger partial charge on any atom is -0.0654 e. The molecule has 0 nitrogen and oxygen atoms in total. The maximum absolute atomic E-state index is 4.05. The van der Waals surface area contributed by atoms with E-state index in [0.29, 0.717) is 0 Å². The number of rotatable bonds is 22. The summed E-state index contributed by atoms with van der Waals surface area (Å²) in [5.74, 6) is 1.00. The highest BCUT2D eigenvalue weighted by molar-refractivity contribution is 4.62. The van der Waals surface area contributed by atoms with Crippen LogP contribution in [0.4, 0.5) is 0 Å². The van der Waals surface area contributed by atoms with Crippen molar-refractivity contribution in [1.29, 1.82) is 0 Å². The first-order valence-corrected chi connectivity index (χ1v) is 12.6. The highest BCUT2D eigenvalue weighted by Gasteiger charge is 2.08. The van der Waals surface area contributed by atoms with Gasteiger partial charge in [0.25, 0.3) is 0 Å². The Morgan fingerprint density at radius 1 is 0.423 bits per heavy atom. The van der Waals surface area contributed by atoms with Crippen LogP contribution >= 0.6 is 0 Å². The highest BCUT2D eigenvalue weighted by Crippen LogP contribution is 2.24. The lowest BCUT2D eigenvalue weighted by Gasteiger charge is -2.16. The lowest BCUT2D eigenvalue weighted by atomic mass is 9.90. The van der Waals surface area contributed by atoms with Crippen LogP contribution in [0.15, 0.2) is 0 Å². The minimum atomic E-state index is 1.00. The molecule has 0 N–H and O–H groups in total. The summed E-state index contributed by atoms with van der Waals surface area (Å²) in [6.07, 6.45) is 31.7. The average Bonchev–Trinajstić information content (AvgIpc) is 2.66. The van der Waals surface area contributed by atoms with Crippen molar-refractivity contribution in [1.82, 2.24) is 0 Å². The summed E-state index contributed by atoms with van der Waals surface area (Å²) in [4.78, 5) is 0. The Morgan fingerprint density at radius 2 is 0.731 bits per heavy atom. The van der Waals surface area contributed by atoms with E-state index >= 15 is 0 Å². The van der Waals surface area contributed by atoms with Crippen molar-refractivity contribution in [3.63, 3.8) is 0 Å². The normalized spacial score (nSPS) is 12.6. The molecule has 1 radical (unpaired) electrons. The molecular weight excluding hydrogens is 312 g/mol. The molecule has 1 atom stereocenters. The Kier molecular flexibility index (Phi) is 23.0. The molecule has 0 aliphatic heterocycles. The van der Waals surface area contributed by atoms with E-state index in [9.17, 15) is 0 Å². The molecule has 0 aliphatic rings. The molecule has 0 amide bonds. The summed E-state index contributed by atoms with van der Waals surface area (Å²) < 4.78 is 0. The van der Waals surface area contributed by atoms with Crippen molar-refractivity contribution in [3.05, 3.63) is 6.92 Å². The van der Waals surface area contributed by atoms with E-state index in [1.807, 2.05) is 0 Å². The monoisotopic (exact) mass is 365 g/mol. The van der Waals surface area contributed by atoms with Gasteiger partial charge in [-0.1, -0.05) is 162 Å². The summed E-state index contributed by atoms with van der Waals surface area (Å²) in [6, 6.07) is 0. The number of hydrogen-bond acceptors (Lipinski definition) is 0. The van der Waals surface area contributed by atoms with Gasteiger partial charge in [0.1, 0.15) is 0 Å². The quantitative estimate of drug-likeness (QED) is 0.167. The molecule has 0 bridgehead atoms. The Morgan fingerprint density at radius 3 is 1.08 bits per heavy atom. The van der Waals surface area contributed by atoms with Crippen LogP contribution in [0, 0.1) is 12.8 Å². The summed E-state index contributed by atoms with van der Waals surface area (Å²) in [5, 5.41) is 0. The molecule has 0 saturated carbocycles. The van der Waals surface area contributed by atoms with Crippen LogP contribution in [0.1, 0.15) is 155 Å². The van der Waals surface area contributed by atoms with E-state index in [1.54, 1.807) is 0 Å². The van der Waals surface area contributed by atoms with Crippen molar-refractivity contribution < 1.29 is 0 Å². The summed E-state index contributed by atoms with van der Waals surface area (Å²) in [6.45, 7) is 8.66. The molecule has 26 heavy (non-hydrogen) atoms. The van der Waals surface area contributed by atoms with Crippen LogP contribution < -0.4 is 0 Å². The van der Waals surface area contributed by atoms with Gasteiger partial charge in [-0.05, 0) is 5.92 Å². The van der Waals surface area contributed by atoms with Gasteiger partial charge in [-0.3, -0.25) is 0 Å². The van der Waals surface area contributed by atoms with Gasteiger partial charge >= 0.3 is 0 Å². The van der Waals surface area contributed by atoms with Gasteiger partial charge in [0.05, 0.1) is 0 Å². The van der Waals surface area contributed by atoms with Crippen molar-refractivity contribution >= 4 is 0 Å². The first-order chi connectivity index (χ1) is 12.8. The van der Waals surface area contributed by atoms with Crippen LogP contribution in [-0.2, 0) is 0 Å². The van der Waals surface area contributed by atoms with E-state index in [4.69, 9.17) is 0 Å². The van der Waals surface area contributed by atoms with Crippen molar-refractivity contribution in [2.75, 3.05) is 0 Å². The van der Waals surface area contributed by atoms with Crippen molar-refractivity contribution in [2.45, 2.75) is 155 Å². The molecule has 0 aromatic rings. The fourth-order valence-electron chi connectivity index (χ4n) is 4.18. The second kappa shape index (κ2) is 23.0. The van der Waals surface area contributed by atoms with Crippen LogP contribution in [0.3, 0.4) is 0 Å². The predicted molar refractivity (Wildman–Crippen MR) is 122 cm³/mol. The third-order valence-corrected chi connectivity index (χ3v) is 6.04. The molecule has 0 rings (SSSR count). The van der Waals surface area contributed by atoms with E-state index in [0.717, 1.165) is 12.3 Å². The van der Waals surface area contributed by atoms with Crippen LogP contribution in [0.5, 0.6) is 0 Å². The zero-order valence-corrected chi connectivity index (χ0v) is 18.8. The molecule has 0 aromatic heterocycles. The predicted octanol–water partition coefficient (Wildman–Crippen LogP) is 10.1. The molecule has 157 valence electrons. The van der Waals surface area contributed by atoms with Gasteiger partial charge in [-0.25, -0.2) is 0 Å². The Balaban J connectivity index is 3.49. The van der Waals surface area contributed by atoms with Gasteiger partial charge in [0.2, 0.25) is 0 Å². The molecule has 1 unspecified atom stereocenters.